The van der Waals surface area contributed by atoms with Crippen molar-refractivity contribution in [3.8, 4) is 0 Å². The third-order valence-corrected chi connectivity index (χ3v) is 8.09. The molecule has 228 valence electrons. The van der Waals surface area contributed by atoms with Gasteiger partial charge in [0, 0.05) is 38.2 Å². The van der Waals surface area contributed by atoms with Gasteiger partial charge in [0.05, 0.1) is 40.4 Å². The molecule has 1 atom stereocenters. The molecule has 0 bridgehead atoms. The summed E-state index contributed by atoms with van der Waals surface area (Å²) in [6, 6.07) is 6.43. The van der Waals surface area contributed by atoms with Gasteiger partial charge in [0.2, 0.25) is 5.95 Å². The topological polar surface area (TPSA) is 110 Å². The van der Waals surface area contributed by atoms with Crippen LogP contribution in [0.4, 0.5) is 24.8 Å². The smallest absolute Gasteiger partial charge is 0.377 e. The lowest BCUT2D eigenvalue weighted by atomic mass is 10.0. The largest absolute Gasteiger partial charge is 0.419 e. The van der Waals surface area contributed by atoms with Crippen molar-refractivity contribution >= 4 is 52.0 Å². The van der Waals surface area contributed by atoms with Crippen LogP contribution < -0.4 is 20.5 Å². The molecule has 5 rings (SSSR count). The first-order valence-corrected chi connectivity index (χ1v) is 15.1. The third-order valence-electron chi connectivity index (χ3n) is 7.49. The monoisotopic (exact) mass is 634 g/mol. The van der Waals surface area contributed by atoms with E-state index in [2.05, 4.69) is 20.1 Å². The first-order valence-electron chi connectivity index (χ1n) is 13.5. The fraction of sp³-hybridized carbons (Fsp3) is 0.393. The van der Waals surface area contributed by atoms with E-state index in [4.69, 9.17) is 16.6 Å². The van der Waals surface area contributed by atoms with Crippen LogP contribution >= 0.6 is 23.5 Å². The van der Waals surface area contributed by atoms with Crippen molar-refractivity contribution in [2.45, 2.75) is 44.9 Å². The number of piperidine rings is 1. The SMILES string of the molecule is CSNC(=O)c1nc(Cl)ccc1NC(C)c1cc(C)cc2c(=O)n(C)c(N3CCC(n4cc(C(F)(F)F)cn4)CC3)nc12. The van der Waals surface area contributed by atoms with E-state index < -0.39 is 17.6 Å². The number of aryl methyl sites for hydroxylation is 1. The molecule has 1 aliphatic heterocycles. The van der Waals surface area contributed by atoms with Gasteiger partial charge in [-0.3, -0.25) is 23.6 Å². The molecule has 4 heterocycles. The summed E-state index contributed by atoms with van der Waals surface area (Å²) >= 11 is 7.22. The molecule has 1 aromatic carbocycles. The molecule has 1 unspecified atom stereocenters. The average Bonchev–Trinajstić information content (AvgIpc) is 3.47. The second kappa shape index (κ2) is 12.1. The Morgan fingerprint density at radius 2 is 1.91 bits per heavy atom. The van der Waals surface area contributed by atoms with Gasteiger partial charge in [-0.15, -0.1) is 0 Å². The summed E-state index contributed by atoms with van der Waals surface area (Å²) in [4.78, 5) is 37.4. The summed E-state index contributed by atoms with van der Waals surface area (Å²) in [5.74, 6) is 0.0686. The normalized spacial score (nSPS) is 15.1. The van der Waals surface area contributed by atoms with Crippen LogP contribution in [0, 0.1) is 6.92 Å². The number of hydrogen-bond acceptors (Lipinski definition) is 8. The Hall–Kier alpha value is -3.78. The Morgan fingerprint density at radius 1 is 1.19 bits per heavy atom. The highest BCUT2D eigenvalue weighted by molar-refractivity contribution is 7.97. The number of pyridine rings is 1. The molecule has 10 nitrogen and oxygen atoms in total. The number of nitrogens with one attached hydrogen (secondary N) is 2. The van der Waals surface area contributed by atoms with Crippen LogP contribution in [0.3, 0.4) is 0 Å². The maximum Gasteiger partial charge on any atom is 0.419 e. The molecule has 1 amide bonds. The van der Waals surface area contributed by atoms with Crippen LogP contribution in [0.2, 0.25) is 5.15 Å². The minimum absolute atomic E-state index is 0.137. The zero-order chi connectivity index (χ0) is 31.1. The number of benzene rings is 1. The van der Waals surface area contributed by atoms with E-state index in [-0.39, 0.29) is 28.5 Å². The number of carbonyl (C=O) groups is 1. The zero-order valence-corrected chi connectivity index (χ0v) is 25.4. The van der Waals surface area contributed by atoms with Crippen molar-refractivity contribution in [1.82, 2.24) is 29.0 Å². The third kappa shape index (κ3) is 6.30. The molecule has 0 aliphatic carbocycles. The summed E-state index contributed by atoms with van der Waals surface area (Å²) < 4.78 is 44.7. The van der Waals surface area contributed by atoms with Crippen LogP contribution in [0.15, 0.2) is 41.5 Å². The van der Waals surface area contributed by atoms with Gasteiger partial charge in [0.25, 0.3) is 11.5 Å². The molecule has 0 radical (unpaired) electrons. The summed E-state index contributed by atoms with van der Waals surface area (Å²) in [5, 5.41) is 7.92. The number of anilines is 2. The van der Waals surface area contributed by atoms with Gasteiger partial charge in [-0.05, 0) is 50.5 Å². The van der Waals surface area contributed by atoms with Gasteiger partial charge in [0.1, 0.15) is 5.15 Å². The number of nitrogens with zero attached hydrogens (tertiary/aromatic N) is 6. The Bertz CT molecular complexity index is 1730. The van der Waals surface area contributed by atoms with Gasteiger partial charge in [-0.25, -0.2) is 9.97 Å². The highest BCUT2D eigenvalue weighted by Crippen LogP contribution is 2.33. The summed E-state index contributed by atoms with van der Waals surface area (Å²) in [6.45, 7) is 4.77. The molecule has 4 aromatic rings. The number of carbonyl (C=O) groups excluding carboxylic acids is 1. The molecule has 15 heteroatoms. The predicted molar refractivity (Wildman–Crippen MR) is 162 cm³/mol. The number of amides is 1. The Balaban J connectivity index is 1.45. The number of rotatable bonds is 7. The van der Waals surface area contributed by atoms with Crippen LogP contribution in [-0.2, 0) is 13.2 Å². The zero-order valence-electron chi connectivity index (χ0n) is 23.9. The lowest BCUT2D eigenvalue weighted by Gasteiger charge is -2.33. The van der Waals surface area contributed by atoms with Gasteiger partial charge < -0.3 is 10.2 Å². The maximum absolute atomic E-state index is 13.6. The first-order chi connectivity index (χ1) is 20.4. The van der Waals surface area contributed by atoms with E-state index in [1.54, 1.807) is 31.5 Å². The minimum atomic E-state index is -4.44. The van der Waals surface area contributed by atoms with Crippen molar-refractivity contribution < 1.29 is 18.0 Å². The second-order valence-corrected chi connectivity index (χ2v) is 11.5. The average molecular weight is 635 g/mol. The summed E-state index contributed by atoms with van der Waals surface area (Å²) in [7, 11) is 1.67. The maximum atomic E-state index is 13.6. The Labute approximate surface area is 254 Å². The van der Waals surface area contributed by atoms with Gasteiger partial charge in [-0.2, -0.15) is 18.3 Å². The number of halogens is 4. The highest BCUT2D eigenvalue weighted by atomic mass is 35.5. The minimum Gasteiger partial charge on any atom is -0.377 e. The summed E-state index contributed by atoms with van der Waals surface area (Å²) in [6.07, 6.45) is 0.245. The molecule has 43 heavy (non-hydrogen) atoms. The molecule has 0 saturated carbocycles. The van der Waals surface area contributed by atoms with Gasteiger partial charge in [-0.1, -0.05) is 29.6 Å². The van der Waals surface area contributed by atoms with Crippen molar-refractivity contribution in [2.24, 2.45) is 7.05 Å². The Kier molecular flexibility index (Phi) is 8.61. The quantitative estimate of drug-likeness (QED) is 0.202. The van der Waals surface area contributed by atoms with Crippen LogP contribution in [0.25, 0.3) is 10.9 Å². The standard InChI is InChI=1S/C28H30ClF3N8O2S/c1-15-11-19(16(2)34-21-5-6-22(29)35-24(21)25(41)37-43-4)23-20(12-15)26(42)38(3)27(36-23)39-9-7-18(8-10-39)40-14-17(13-33-40)28(30,31)32/h5-6,11-14,16,18,34H,7-10H2,1-4H3,(H,37,41). The predicted octanol–water partition coefficient (Wildman–Crippen LogP) is 5.53. The van der Waals surface area contributed by atoms with Crippen molar-refractivity contribution in [2.75, 3.05) is 29.6 Å². The highest BCUT2D eigenvalue weighted by Gasteiger charge is 2.33. The number of hydrogen-bond donors (Lipinski definition) is 2. The molecule has 1 saturated heterocycles. The second-order valence-electron chi connectivity index (χ2n) is 10.5. The van der Waals surface area contributed by atoms with E-state index in [0.717, 1.165) is 35.5 Å². The molecule has 0 spiro atoms. The molecule has 2 N–H and O–H groups in total. The molecule has 1 aliphatic rings. The van der Waals surface area contributed by atoms with Crippen LogP contribution in [-0.4, -0.2) is 49.6 Å². The van der Waals surface area contributed by atoms with E-state index >= 15 is 0 Å². The van der Waals surface area contributed by atoms with E-state index in [1.807, 2.05) is 24.8 Å². The number of fused-ring (bicyclic) bond motifs is 1. The molecule has 1 fully saturated rings. The molecule has 3 aromatic heterocycles. The number of aromatic nitrogens is 5. The lowest BCUT2D eigenvalue weighted by Crippen LogP contribution is -2.39. The lowest BCUT2D eigenvalue weighted by molar-refractivity contribution is -0.137. The van der Waals surface area contributed by atoms with Crippen LogP contribution in [0.5, 0.6) is 0 Å². The summed E-state index contributed by atoms with van der Waals surface area (Å²) in [5.41, 5.74) is 1.76. The fourth-order valence-corrected chi connectivity index (χ4v) is 5.78. The van der Waals surface area contributed by atoms with E-state index in [9.17, 15) is 22.8 Å². The van der Waals surface area contributed by atoms with Crippen LogP contribution in [0.1, 0.15) is 59.0 Å². The van der Waals surface area contributed by atoms with E-state index in [1.165, 1.54) is 9.25 Å². The molecular weight excluding hydrogens is 605 g/mol. The Morgan fingerprint density at radius 3 is 2.56 bits per heavy atom. The fourth-order valence-electron chi connectivity index (χ4n) is 5.35. The van der Waals surface area contributed by atoms with Gasteiger partial charge in [0.15, 0.2) is 5.69 Å². The van der Waals surface area contributed by atoms with Crippen molar-refractivity contribution in [3.63, 3.8) is 0 Å². The first kappa shape index (κ1) is 30.7. The van der Waals surface area contributed by atoms with Gasteiger partial charge >= 0.3 is 6.18 Å². The number of alkyl halides is 3. The van der Waals surface area contributed by atoms with E-state index in [0.29, 0.717) is 48.5 Å². The van der Waals surface area contributed by atoms with Crippen molar-refractivity contribution in [1.29, 1.82) is 0 Å². The molecular formula is C28H30ClF3N8O2S. The van der Waals surface area contributed by atoms with Crippen molar-refractivity contribution in [3.05, 3.63) is 74.6 Å².